The lowest BCUT2D eigenvalue weighted by Gasteiger charge is -2.42. The van der Waals surface area contributed by atoms with Crippen molar-refractivity contribution in [1.82, 2.24) is 15.1 Å². The minimum absolute atomic E-state index is 0.489. The van der Waals surface area contributed by atoms with Gasteiger partial charge in [-0.1, -0.05) is 13.8 Å². The van der Waals surface area contributed by atoms with Gasteiger partial charge in [0.1, 0.15) is 11.5 Å². The molecule has 4 heteroatoms. The number of piperazine rings is 1. The standard InChI is InChI=1S/C16H29N3O/c1-12(2)17-8-15-6-7-16(20-15)11-19-9-13(3)18(5)14(4)10-19/h6-7,12-14,17H,8-11H2,1-5H3. The second-order valence-corrected chi connectivity index (χ2v) is 6.46. The minimum Gasteiger partial charge on any atom is -0.463 e. The molecule has 1 aromatic rings. The van der Waals surface area contributed by atoms with Crippen molar-refractivity contribution < 1.29 is 4.42 Å². The fourth-order valence-electron chi connectivity index (χ4n) is 2.77. The molecule has 0 saturated carbocycles. The molecule has 0 aromatic carbocycles. The lowest BCUT2D eigenvalue weighted by molar-refractivity contribution is 0.0516. The number of furan rings is 1. The first-order chi connectivity index (χ1) is 9.45. The molecule has 2 unspecified atom stereocenters. The van der Waals surface area contributed by atoms with Crippen LogP contribution in [0.25, 0.3) is 0 Å². The normalized spacial score (nSPS) is 25.5. The zero-order valence-corrected chi connectivity index (χ0v) is 13.5. The van der Waals surface area contributed by atoms with Crippen LogP contribution in [0.2, 0.25) is 0 Å². The van der Waals surface area contributed by atoms with Gasteiger partial charge < -0.3 is 9.73 Å². The third-order valence-corrected chi connectivity index (χ3v) is 4.22. The van der Waals surface area contributed by atoms with Crippen LogP contribution < -0.4 is 5.32 Å². The van der Waals surface area contributed by atoms with Crippen molar-refractivity contribution in [3.8, 4) is 0 Å². The van der Waals surface area contributed by atoms with Crippen LogP contribution in [0.1, 0.15) is 39.2 Å². The van der Waals surface area contributed by atoms with E-state index < -0.39 is 0 Å². The molecule has 20 heavy (non-hydrogen) atoms. The summed E-state index contributed by atoms with van der Waals surface area (Å²) in [6, 6.07) is 5.91. The number of nitrogens with one attached hydrogen (secondary N) is 1. The van der Waals surface area contributed by atoms with Crippen molar-refractivity contribution in [1.29, 1.82) is 0 Å². The van der Waals surface area contributed by atoms with Gasteiger partial charge in [-0.05, 0) is 33.0 Å². The minimum atomic E-state index is 0.489. The molecule has 0 spiro atoms. The maximum absolute atomic E-state index is 5.92. The summed E-state index contributed by atoms with van der Waals surface area (Å²) >= 11 is 0. The Bertz CT molecular complexity index is 404. The van der Waals surface area contributed by atoms with E-state index in [1.54, 1.807) is 0 Å². The fraction of sp³-hybridized carbons (Fsp3) is 0.750. The lowest BCUT2D eigenvalue weighted by Crippen LogP contribution is -2.54. The van der Waals surface area contributed by atoms with Crippen molar-refractivity contribution in [2.75, 3.05) is 20.1 Å². The molecule has 114 valence electrons. The summed E-state index contributed by atoms with van der Waals surface area (Å²) < 4.78 is 5.92. The fourth-order valence-corrected chi connectivity index (χ4v) is 2.77. The first-order valence-corrected chi connectivity index (χ1v) is 7.71. The lowest BCUT2D eigenvalue weighted by atomic mass is 10.1. The number of nitrogens with zero attached hydrogens (tertiary/aromatic N) is 2. The zero-order chi connectivity index (χ0) is 14.7. The quantitative estimate of drug-likeness (QED) is 0.896. The molecule has 0 radical (unpaired) electrons. The van der Waals surface area contributed by atoms with Crippen LogP contribution >= 0.6 is 0 Å². The molecule has 2 heterocycles. The summed E-state index contributed by atoms with van der Waals surface area (Å²) in [5.41, 5.74) is 0. The Balaban J connectivity index is 1.87. The predicted octanol–water partition coefficient (Wildman–Crippen LogP) is 2.30. The van der Waals surface area contributed by atoms with Crippen LogP contribution in [0.3, 0.4) is 0 Å². The third-order valence-electron chi connectivity index (χ3n) is 4.22. The number of rotatable bonds is 5. The van der Waals surface area contributed by atoms with E-state index in [-0.39, 0.29) is 0 Å². The highest BCUT2D eigenvalue weighted by Crippen LogP contribution is 2.17. The van der Waals surface area contributed by atoms with E-state index in [9.17, 15) is 0 Å². The van der Waals surface area contributed by atoms with Crippen LogP contribution in [0.4, 0.5) is 0 Å². The Labute approximate surface area is 123 Å². The molecule has 1 aliphatic rings. The van der Waals surface area contributed by atoms with E-state index in [0.29, 0.717) is 18.1 Å². The van der Waals surface area contributed by atoms with Crippen molar-refractivity contribution >= 4 is 0 Å². The third kappa shape index (κ3) is 4.08. The highest BCUT2D eigenvalue weighted by molar-refractivity contribution is 5.07. The molecule has 1 fully saturated rings. The van der Waals surface area contributed by atoms with Crippen LogP contribution in [0, 0.1) is 0 Å². The summed E-state index contributed by atoms with van der Waals surface area (Å²) in [4.78, 5) is 4.95. The van der Waals surface area contributed by atoms with E-state index in [2.05, 4.69) is 62.0 Å². The van der Waals surface area contributed by atoms with Gasteiger partial charge in [0, 0.05) is 31.2 Å². The van der Waals surface area contributed by atoms with Gasteiger partial charge in [-0.25, -0.2) is 0 Å². The van der Waals surface area contributed by atoms with Crippen LogP contribution in [-0.4, -0.2) is 48.1 Å². The van der Waals surface area contributed by atoms with Crippen LogP contribution in [0.15, 0.2) is 16.5 Å². The van der Waals surface area contributed by atoms with E-state index >= 15 is 0 Å². The molecular formula is C16H29N3O. The molecule has 4 nitrogen and oxygen atoms in total. The van der Waals surface area contributed by atoms with E-state index in [1.807, 2.05) is 0 Å². The molecule has 0 aliphatic carbocycles. The van der Waals surface area contributed by atoms with Crippen molar-refractivity contribution in [2.45, 2.75) is 58.9 Å². The van der Waals surface area contributed by atoms with Gasteiger partial charge >= 0.3 is 0 Å². The van der Waals surface area contributed by atoms with Crippen molar-refractivity contribution in [3.63, 3.8) is 0 Å². The van der Waals surface area contributed by atoms with Gasteiger partial charge in [0.2, 0.25) is 0 Å². The molecule has 1 aromatic heterocycles. The van der Waals surface area contributed by atoms with Crippen LogP contribution in [0.5, 0.6) is 0 Å². The first-order valence-electron chi connectivity index (χ1n) is 7.71. The van der Waals surface area contributed by atoms with Gasteiger partial charge in [-0.2, -0.15) is 0 Å². The summed E-state index contributed by atoms with van der Waals surface area (Å²) in [6.45, 7) is 12.8. The van der Waals surface area contributed by atoms with Crippen molar-refractivity contribution in [3.05, 3.63) is 23.7 Å². The number of hydrogen-bond donors (Lipinski definition) is 1. The summed E-state index contributed by atoms with van der Waals surface area (Å²) in [7, 11) is 2.22. The maximum atomic E-state index is 5.92. The molecule has 1 aliphatic heterocycles. The Morgan fingerprint density at radius 3 is 2.40 bits per heavy atom. The van der Waals surface area contributed by atoms with Gasteiger partial charge in [0.05, 0.1) is 13.1 Å². The second-order valence-electron chi connectivity index (χ2n) is 6.46. The van der Waals surface area contributed by atoms with Crippen LogP contribution in [-0.2, 0) is 13.1 Å². The Morgan fingerprint density at radius 2 is 1.80 bits per heavy atom. The Hall–Kier alpha value is -0.840. The molecule has 1 saturated heterocycles. The molecule has 0 amide bonds. The number of likely N-dealkylation sites (N-methyl/N-ethyl adjacent to an activating group) is 1. The summed E-state index contributed by atoms with van der Waals surface area (Å²) in [5.74, 6) is 2.11. The topological polar surface area (TPSA) is 31.6 Å². The van der Waals surface area contributed by atoms with E-state index in [0.717, 1.165) is 37.7 Å². The average Bonchev–Trinajstić information content (AvgIpc) is 2.81. The van der Waals surface area contributed by atoms with Gasteiger partial charge in [0.25, 0.3) is 0 Å². The first kappa shape index (κ1) is 15.5. The van der Waals surface area contributed by atoms with Gasteiger partial charge in [0.15, 0.2) is 0 Å². The predicted molar refractivity (Wildman–Crippen MR) is 82.6 cm³/mol. The van der Waals surface area contributed by atoms with Gasteiger partial charge in [-0.15, -0.1) is 0 Å². The van der Waals surface area contributed by atoms with Crippen molar-refractivity contribution in [2.24, 2.45) is 0 Å². The highest BCUT2D eigenvalue weighted by Gasteiger charge is 2.26. The number of hydrogen-bond acceptors (Lipinski definition) is 4. The molecular weight excluding hydrogens is 250 g/mol. The summed E-state index contributed by atoms with van der Waals surface area (Å²) in [6.07, 6.45) is 0. The Kier molecular flexibility index (Phi) is 5.24. The molecule has 0 bridgehead atoms. The second kappa shape index (κ2) is 6.74. The monoisotopic (exact) mass is 279 g/mol. The van der Waals surface area contributed by atoms with E-state index in [4.69, 9.17) is 4.42 Å². The van der Waals surface area contributed by atoms with E-state index in [1.165, 1.54) is 0 Å². The maximum Gasteiger partial charge on any atom is 0.118 e. The summed E-state index contributed by atoms with van der Waals surface area (Å²) in [5, 5.41) is 3.38. The van der Waals surface area contributed by atoms with Gasteiger partial charge in [-0.3, -0.25) is 9.80 Å². The average molecular weight is 279 g/mol. The largest absolute Gasteiger partial charge is 0.463 e. The zero-order valence-electron chi connectivity index (χ0n) is 13.5. The SMILES string of the molecule is CC(C)NCc1ccc(CN2CC(C)N(C)C(C)C2)o1. The highest BCUT2D eigenvalue weighted by atomic mass is 16.3. The molecule has 2 atom stereocenters. The molecule has 1 N–H and O–H groups in total. The Morgan fingerprint density at radius 1 is 1.20 bits per heavy atom. The molecule has 2 rings (SSSR count). The smallest absolute Gasteiger partial charge is 0.118 e.